The molecule has 0 saturated carbocycles. The van der Waals surface area contributed by atoms with Crippen LogP contribution in [-0.4, -0.2) is 43.0 Å². The first-order valence-corrected chi connectivity index (χ1v) is 8.35. The molecule has 5 heteroatoms. The molecule has 0 atom stereocenters. The molecular formula is C18H26N2O3. The molecule has 0 bridgehead atoms. The minimum atomic E-state index is -0.246. The Bertz CT molecular complexity index is 496. The van der Waals surface area contributed by atoms with Gasteiger partial charge in [-0.3, -0.25) is 9.59 Å². The zero-order chi connectivity index (χ0) is 16.5. The van der Waals surface area contributed by atoms with Crippen molar-refractivity contribution in [3.63, 3.8) is 0 Å². The number of ether oxygens (including phenoxy) is 1. The van der Waals surface area contributed by atoms with Gasteiger partial charge in [-0.1, -0.05) is 30.3 Å². The van der Waals surface area contributed by atoms with Crippen LogP contribution in [-0.2, 0) is 20.7 Å². The summed E-state index contributed by atoms with van der Waals surface area (Å²) in [5.41, 5.74) is 6.56. The van der Waals surface area contributed by atoms with Crippen molar-refractivity contribution in [3.8, 4) is 0 Å². The number of likely N-dealkylation sites (tertiary alicyclic amines) is 1. The van der Waals surface area contributed by atoms with Crippen LogP contribution in [0.25, 0.3) is 0 Å². The molecule has 1 aliphatic heterocycles. The number of benzene rings is 1. The van der Waals surface area contributed by atoms with E-state index in [2.05, 4.69) is 12.1 Å². The molecule has 23 heavy (non-hydrogen) atoms. The van der Waals surface area contributed by atoms with Gasteiger partial charge in [-0.2, -0.15) is 0 Å². The normalized spacial score (nSPS) is 15.6. The van der Waals surface area contributed by atoms with E-state index in [-0.39, 0.29) is 17.7 Å². The first-order valence-electron chi connectivity index (χ1n) is 8.35. The lowest BCUT2D eigenvalue weighted by atomic mass is 9.96. The van der Waals surface area contributed by atoms with Gasteiger partial charge in [0.25, 0.3) is 0 Å². The number of hydrogen-bond acceptors (Lipinski definition) is 3. The minimum Gasteiger partial charge on any atom is -0.381 e. The molecule has 0 aliphatic carbocycles. The third-order valence-electron chi connectivity index (χ3n) is 4.31. The van der Waals surface area contributed by atoms with Crippen LogP contribution in [0, 0.1) is 5.92 Å². The van der Waals surface area contributed by atoms with E-state index >= 15 is 0 Å². The Kier molecular flexibility index (Phi) is 7.07. The zero-order valence-corrected chi connectivity index (χ0v) is 13.6. The van der Waals surface area contributed by atoms with E-state index in [4.69, 9.17) is 10.5 Å². The maximum Gasteiger partial charge on any atom is 0.222 e. The molecule has 1 saturated heterocycles. The van der Waals surface area contributed by atoms with Gasteiger partial charge in [0.1, 0.15) is 0 Å². The second-order valence-corrected chi connectivity index (χ2v) is 6.01. The molecule has 126 valence electrons. The van der Waals surface area contributed by atoms with Gasteiger partial charge < -0.3 is 15.4 Å². The van der Waals surface area contributed by atoms with E-state index in [9.17, 15) is 9.59 Å². The van der Waals surface area contributed by atoms with E-state index in [1.54, 1.807) is 0 Å². The van der Waals surface area contributed by atoms with Crippen LogP contribution >= 0.6 is 0 Å². The van der Waals surface area contributed by atoms with Gasteiger partial charge in [0.05, 0.1) is 6.61 Å². The van der Waals surface area contributed by atoms with E-state index < -0.39 is 0 Å². The molecule has 1 heterocycles. The van der Waals surface area contributed by atoms with Crippen molar-refractivity contribution in [2.45, 2.75) is 32.1 Å². The summed E-state index contributed by atoms with van der Waals surface area (Å²) in [4.78, 5) is 25.0. The Balaban J connectivity index is 1.53. The van der Waals surface area contributed by atoms with Gasteiger partial charge in [0.2, 0.25) is 11.8 Å². The van der Waals surface area contributed by atoms with Crippen molar-refractivity contribution in [1.29, 1.82) is 0 Å². The van der Waals surface area contributed by atoms with Gasteiger partial charge in [-0.25, -0.2) is 0 Å². The predicted octanol–water partition coefficient (Wildman–Crippen LogP) is 1.75. The average molecular weight is 318 g/mol. The highest BCUT2D eigenvalue weighted by atomic mass is 16.5. The highest BCUT2D eigenvalue weighted by Gasteiger charge is 2.25. The van der Waals surface area contributed by atoms with Crippen LogP contribution in [0.3, 0.4) is 0 Å². The molecule has 2 N–H and O–H groups in total. The van der Waals surface area contributed by atoms with Crippen molar-refractivity contribution in [1.82, 2.24) is 4.90 Å². The van der Waals surface area contributed by atoms with E-state index in [1.165, 1.54) is 5.56 Å². The summed E-state index contributed by atoms with van der Waals surface area (Å²) < 4.78 is 5.59. The smallest absolute Gasteiger partial charge is 0.222 e. The lowest BCUT2D eigenvalue weighted by molar-refractivity contribution is -0.135. The highest BCUT2D eigenvalue weighted by Crippen LogP contribution is 2.17. The van der Waals surface area contributed by atoms with Crippen molar-refractivity contribution in [3.05, 3.63) is 35.9 Å². The number of amides is 2. The summed E-state index contributed by atoms with van der Waals surface area (Å²) in [5.74, 6) is -0.163. The maximum atomic E-state index is 12.1. The van der Waals surface area contributed by atoms with E-state index in [1.807, 2.05) is 23.1 Å². The fourth-order valence-corrected chi connectivity index (χ4v) is 2.83. The molecule has 2 rings (SSSR count). The second-order valence-electron chi connectivity index (χ2n) is 6.01. The number of primary amides is 1. The summed E-state index contributed by atoms with van der Waals surface area (Å²) in [5, 5.41) is 0. The first-order chi connectivity index (χ1) is 11.2. The fourth-order valence-electron chi connectivity index (χ4n) is 2.83. The van der Waals surface area contributed by atoms with Crippen LogP contribution in [0.4, 0.5) is 0 Å². The van der Waals surface area contributed by atoms with Crippen LogP contribution in [0.15, 0.2) is 30.3 Å². The molecule has 1 aromatic carbocycles. The quantitative estimate of drug-likeness (QED) is 0.742. The molecule has 2 amide bonds. The monoisotopic (exact) mass is 318 g/mol. The Labute approximate surface area is 137 Å². The molecule has 0 unspecified atom stereocenters. The van der Waals surface area contributed by atoms with Crippen LogP contribution in [0.2, 0.25) is 0 Å². The summed E-state index contributed by atoms with van der Waals surface area (Å²) in [6, 6.07) is 10.2. The largest absolute Gasteiger partial charge is 0.381 e. The molecule has 0 spiro atoms. The summed E-state index contributed by atoms with van der Waals surface area (Å²) >= 11 is 0. The second kappa shape index (κ2) is 9.30. The summed E-state index contributed by atoms with van der Waals surface area (Å²) in [7, 11) is 0. The predicted molar refractivity (Wildman–Crippen MR) is 88.7 cm³/mol. The van der Waals surface area contributed by atoms with Crippen molar-refractivity contribution in [2.24, 2.45) is 11.7 Å². The minimum absolute atomic E-state index is 0.0691. The van der Waals surface area contributed by atoms with Crippen LogP contribution in [0.1, 0.15) is 31.2 Å². The number of nitrogens with zero attached hydrogens (tertiary/aromatic N) is 1. The third kappa shape index (κ3) is 6.02. The average Bonchev–Trinajstić information content (AvgIpc) is 2.58. The number of carbonyl (C=O) groups is 2. The molecule has 0 radical (unpaired) electrons. The third-order valence-corrected chi connectivity index (χ3v) is 4.31. The van der Waals surface area contributed by atoms with Crippen molar-refractivity contribution >= 4 is 11.8 Å². The van der Waals surface area contributed by atoms with E-state index in [0.717, 1.165) is 12.8 Å². The lowest BCUT2D eigenvalue weighted by Crippen LogP contribution is -2.41. The summed E-state index contributed by atoms with van der Waals surface area (Å²) in [6.07, 6.45) is 3.52. The van der Waals surface area contributed by atoms with Gasteiger partial charge in [0, 0.05) is 32.0 Å². The van der Waals surface area contributed by atoms with Crippen LogP contribution in [0.5, 0.6) is 0 Å². The topological polar surface area (TPSA) is 72.6 Å². The number of carbonyl (C=O) groups excluding carboxylic acids is 2. The van der Waals surface area contributed by atoms with Gasteiger partial charge in [-0.05, 0) is 31.2 Å². The molecular weight excluding hydrogens is 292 g/mol. The fraction of sp³-hybridized carbons (Fsp3) is 0.556. The lowest BCUT2D eigenvalue weighted by Gasteiger charge is -2.30. The Morgan fingerprint density at radius 3 is 2.48 bits per heavy atom. The SMILES string of the molecule is NC(=O)C1CCN(C(=O)CCCOCCc2ccccc2)CC1. The highest BCUT2D eigenvalue weighted by molar-refractivity contribution is 5.78. The first kappa shape index (κ1) is 17.5. The molecule has 5 nitrogen and oxygen atoms in total. The number of nitrogens with two attached hydrogens (primary N) is 1. The Hall–Kier alpha value is -1.88. The number of piperidine rings is 1. The molecule has 1 aromatic rings. The molecule has 0 aromatic heterocycles. The molecule has 1 fully saturated rings. The van der Waals surface area contributed by atoms with Crippen LogP contribution < -0.4 is 5.73 Å². The van der Waals surface area contributed by atoms with Gasteiger partial charge >= 0.3 is 0 Å². The number of hydrogen-bond donors (Lipinski definition) is 1. The molecule has 1 aliphatic rings. The van der Waals surface area contributed by atoms with E-state index in [0.29, 0.717) is 45.6 Å². The number of rotatable bonds is 8. The zero-order valence-electron chi connectivity index (χ0n) is 13.6. The van der Waals surface area contributed by atoms with Gasteiger partial charge in [-0.15, -0.1) is 0 Å². The van der Waals surface area contributed by atoms with Gasteiger partial charge in [0.15, 0.2) is 0 Å². The standard InChI is InChI=1S/C18H26N2O3/c19-18(22)16-8-11-20(12-9-16)17(21)7-4-13-23-14-10-15-5-2-1-3-6-15/h1-3,5-6,16H,4,7-14H2,(H2,19,22). The maximum absolute atomic E-state index is 12.1. The van der Waals surface area contributed by atoms with Crippen molar-refractivity contribution < 1.29 is 14.3 Å². The Morgan fingerprint density at radius 1 is 1.13 bits per heavy atom. The summed E-state index contributed by atoms with van der Waals surface area (Å²) in [6.45, 7) is 2.57. The Morgan fingerprint density at radius 2 is 1.83 bits per heavy atom. The van der Waals surface area contributed by atoms with Crippen molar-refractivity contribution in [2.75, 3.05) is 26.3 Å².